The Bertz CT molecular complexity index is 282. The van der Waals surface area contributed by atoms with Gasteiger partial charge in [0.15, 0.2) is 0 Å². The molecule has 0 aliphatic carbocycles. The predicted octanol–water partition coefficient (Wildman–Crippen LogP) is 2.93. The van der Waals surface area contributed by atoms with Crippen molar-refractivity contribution in [2.24, 2.45) is 0 Å². The third kappa shape index (κ3) is 2.62. The maximum atomic E-state index is 3.73. The molecular weight excluding hydrogens is 158 g/mol. The van der Waals surface area contributed by atoms with Crippen molar-refractivity contribution in [1.29, 1.82) is 0 Å². The van der Waals surface area contributed by atoms with E-state index in [-0.39, 0.29) is 0 Å². The van der Waals surface area contributed by atoms with Gasteiger partial charge in [-0.25, -0.2) is 0 Å². The zero-order valence-electron chi connectivity index (χ0n) is 8.67. The molecule has 0 aliphatic rings. The second-order valence-electron chi connectivity index (χ2n) is 3.52. The molecule has 1 nitrogen and oxygen atoms in total. The Morgan fingerprint density at radius 3 is 2.23 bits per heavy atom. The van der Waals surface area contributed by atoms with Gasteiger partial charge in [0.05, 0.1) is 0 Å². The molecule has 0 heterocycles. The van der Waals surface area contributed by atoms with E-state index in [1.54, 1.807) is 0 Å². The molecule has 0 aliphatic heterocycles. The Balaban J connectivity index is 2.93. The van der Waals surface area contributed by atoms with Gasteiger partial charge in [0.25, 0.3) is 0 Å². The summed E-state index contributed by atoms with van der Waals surface area (Å²) < 4.78 is 0. The number of likely N-dealkylation sites (N-methyl/N-ethyl adjacent to an activating group) is 1. The second kappa shape index (κ2) is 4.13. The zero-order chi connectivity index (χ0) is 9.84. The first-order valence-electron chi connectivity index (χ1n) is 4.54. The molecule has 0 radical (unpaired) electrons. The maximum absolute atomic E-state index is 3.73. The summed E-state index contributed by atoms with van der Waals surface area (Å²) in [6.07, 6.45) is 1.91. The van der Waals surface area contributed by atoms with Crippen molar-refractivity contribution in [1.82, 2.24) is 0 Å². The summed E-state index contributed by atoms with van der Waals surface area (Å²) in [5.41, 5.74) is 3.88. The Labute approximate surface area is 80.7 Å². The molecule has 0 bridgehead atoms. The minimum absolute atomic E-state index is 0.892. The molecule has 1 rings (SSSR count). The van der Waals surface area contributed by atoms with Crippen LogP contribution in [0.15, 0.2) is 30.9 Å². The van der Waals surface area contributed by atoms with Crippen molar-refractivity contribution in [3.63, 3.8) is 0 Å². The number of aryl methyl sites for hydroxylation is 2. The van der Waals surface area contributed by atoms with E-state index >= 15 is 0 Å². The molecule has 0 spiro atoms. The fourth-order valence-electron chi connectivity index (χ4n) is 1.47. The van der Waals surface area contributed by atoms with Gasteiger partial charge < -0.3 is 4.90 Å². The quantitative estimate of drug-likeness (QED) is 0.638. The van der Waals surface area contributed by atoms with Crippen molar-refractivity contribution in [2.75, 3.05) is 18.5 Å². The van der Waals surface area contributed by atoms with E-state index in [1.165, 1.54) is 16.8 Å². The van der Waals surface area contributed by atoms with Gasteiger partial charge in [0.1, 0.15) is 0 Å². The molecule has 0 N–H and O–H groups in total. The van der Waals surface area contributed by atoms with Crippen LogP contribution in [0.3, 0.4) is 0 Å². The normalized spacial score (nSPS) is 9.77. The Hall–Kier alpha value is -1.24. The van der Waals surface area contributed by atoms with Crippen LogP contribution in [0, 0.1) is 13.8 Å². The van der Waals surface area contributed by atoms with E-state index in [1.807, 2.05) is 6.08 Å². The lowest BCUT2D eigenvalue weighted by atomic mass is 10.1. The average molecular weight is 175 g/mol. The third-order valence-corrected chi connectivity index (χ3v) is 2.05. The minimum Gasteiger partial charge on any atom is -0.371 e. The lowest BCUT2D eigenvalue weighted by Crippen LogP contribution is -2.16. The number of hydrogen-bond donors (Lipinski definition) is 0. The van der Waals surface area contributed by atoms with Crippen molar-refractivity contribution in [2.45, 2.75) is 13.8 Å². The highest BCUT2D eigenvalue weighted by atomic mass is 15.1. The molecule has 0 unspecified atom stereocenters. The fourth-order valence-corrected chi connectivity index (χ4v) is 1.47. The molecule has 1 aromatic carbocycles. The van der Waals surface area contributed by atoms with Gasteiger partial charge in [-0.05, 0) is 37.1 Å². The summed E-state index contributed by atoms with van der Waals surface area (Å²) in [6.45, 7) is 8.87. The van der Waals surface area contributed by atoms with Gasteiger partial charge in [-0.2, -0.15) is 0 Å². The van der Waals surface area contributed by atoms with Crippen molar-refractivity contribution in [3.05, 3.63) is 42.0 Å². The van der Waals surface area contributed by atoms with E-state index < -0.39 is 0 Å². The van der Waals surface area contributed by atoms with Crippen LogP contribution in [0.25, 0.3) is 0 Å². The summed E-state index contributed by atoms with van der Waals surface area (Å²) in [4.78, 5) is 2.19. The Morgan fingerprint density at radius 2 is 1.77 bits per heavy atom. The molecular formula is C12H17N. The lowest BCUT2D eigenvalue weighted by molar-refractivity contribution is 1.03. The van der Waals surface area contributed by atoms with Crippen LogP contribution in [0.4, 0.5) is 5.69 Å². The molecule has 1 aromatic rings. The van der Waals surface area contributed by atoms with E-state index in [0.717, 1.165) is 6.54 Å². The van der Waals surface area contributed by atoms with Crippen LogP contribution in [-0.4, -0.2) is 13.6 Å². The highest BCUT2D eigenvalue weighted by Gasteiger charge is 1.99. The number of nitrogens with zero attached hydrogens (tertiary/aromatic N) is 1. The largest absolute Gasteiger partial charge is 0.371 e. The highest BCUT2D eigenvalue weighted by Crippen LogP contribution is 2.16. The number of anilines is 1. The van der Waals surface area contributed by atoms with Crippen molar-refractivity contribution < 1.29 is 0 Å². The Morgan fingerprint density at radius 1 is 1.23 bits per heavy atom. The Kier molecular flexibility index (Phi) is 3.13. The molecule has 0 aromatic heterocycles. The first kappa shape index (κ1) is 9.85. The molecule has 0 saturated heterocycles. The van der Waals surface area contributed by atoms with Crippen LogP contribution in [0.2, 0.25) is 0 Å². The summed E-state index contributed by atoms with van der Waals surface area (Å²) in [6, 6.07) is 6.57. The van der Waals surface area contributed by atoms with Gasteiger partial charge in [0.2, 0.25) is 0 Å². The highest BCUT2D eigenvalue weighted by molar-refractivity contribution is 5.50. The molecule has 13 heavy (non-hydrogen) atoms. The van der Waals surface area contributed by atoms with E-state index in [2.05, 4.69) is 50.6 Å². The number of rotatable bonds is 3. The number of hydrogen-bond acceptors (Lipinski definition) is 1. The van der Waals surface area contributed by atoms with Crippen LogP contribution in [-0.2, 0) is 0 Å². The van der Waals surface area contributed by atoms with Gasteiger partial charge in [0, 0.05) is 19.3 Å². The molecule has 0 amide bonds. The van der Waals surface area contributed by atoms with Gasteiger partial charge in [-0.15, -0.1) is 6.58 Å². The van der Waals surface area contributed by atoms with E-state index in [4.69, 9.17) is 0 Å². The van der Waals surface area contributed by atoms with Crippen molar-refractivity contribution >= 4 is 5.69 Å². The van der Waals surface area contributed by atoms with Gasteiger partial charge >= 0.3 is 0 Å². The third-order valence-electron chi connectivity index (χ3n) is 2.05. The van der Waals surface area contributed by atoms with Crippen LogP contribution in [0.5, 0.6) is 0 Å². The SMILES string of the molecule is C=CCN(C)c1cc(C)cc(C)c1. The van der Waals surface area contributed by atoms with Crippen LogP contribution < -0.4 is 4.90 Å². The summed E-state index contributed by atoms with van der Waals surface area (Å²) >= 11 is 0. The zero-order valence-corrected chi connectivity index (χ0v) is 8.67. The van der Waals surface area contributed by atoms with Gasteiger partial charge in [-0.1, -0.05) is 12.1 Å². The number of benzene rings is 1. The molecule has 1 heteroatoms. The van der Waals surface area contributed by atoms with Crippen LogP contribution in [0.1, 0.15) is 11.1 Å². The smallest absolute Gasteiger partial charge is 0.0371 e. The summed E-state index contributed by atoms with van der Waals surface area (Å²) in [7, 11) is 2.08. The molecule has 70 valence electrons. The lowest BCUT2D eigenvalue weighted by Gasteiger charge is -2.18. The molecule has 0 fully saturated rings. The average Bonchev–Trinajstić information content (AvgIpc) is 2.03. The van der Waals surface area contributed by atoms with Crippen molar-refractivity contribution in [3.8, 4) is 0 Å². The topological polar surface area (TPSA) is 3.24 Å². The van der Waals surface area contributed by atoms with E-state index in [0.29, 0.717) is 0 Å². The van der Waals surface area contributed by atoms with Gasteiger partial charge in [-0.3, -0.25) is 0 Å². The summed E-state index contributed by atoms with van der Waals surface area (Å²) in [5.74, 6) is 0. The van der Waals surface area contributed by atoms with Crippen LogP contribution >= 0.6 is 0 Å². The predicted molar refractivity (Wildman–Crippen MR) is 59.4 cm³/mol. The first-order valence-corrected chi connectivity index (χ1v) is 4.54. The van der Waals surface area contributed by atoms with E-state index in [9.17, 15) is 0 Å². The standard InChI is InChI=1S/C12H17N/c1-5-6-13(4)12-8-10(2)7-11(3)9-12/h5,7-9H,1,6H2,2-4H3. The first-order chi connectivity index (χ1) is 6.13. The maximum Gasteiger partial charge on any atom is 0.0371 e. The monoisotopic (exact) mass is 175 g/mol. The molecule has 0 atom stereocenters. The second-order valence-corrected chi connectivity index (χ2v) is 3.52. The summed E-state index contributed by atoms with van der Waals surface area (Å²) in [5, 5.41) is 0. The fraction of sp³-hybridized carbons (Fsp3) is 0.333. The molecule has 0 saturated carbocycles. The minimum atomic E-state index is 0.892.